The highest BCUT2D eigenvalue weighted by Crippen LogP contribution is 2.35. The number of rotatable bonds is 3. The van der Waals surface area contributed by atoms with Crippen LogP contribution in [-0.2, 0) is 4.79 Å². The summed E-state index contributed by atoms with van der Waals surface area (Å²) >= 11 is 3.28. The molecule has 80 valence electrons. The summed E-state index contributed by atoms with van der Waals surface area (Å²) < 4.78 is 5.66. The summed E-state index contributed by atoms with van der Waals surface area (Å²) in [6.45, 7) is 1.45. The van der Waals surface area contributed by atoms with Crippen LogP contribution in [0.15, 0.2) is 22.7 Å². The van der Waals surface area contributed by atoms with Crippen LogP contribution in [0.4, 0.5) is 0 Å². The van der Waals surface area contributed by atoms with E-state index in [0.29, 0.717) is 15.8 Å². The Balaban J connectivity index is 3.21. The van der Waals surface area contributed by atoms with Gasteiger partial charge in [0.2, 0.25) is 0 Å². The van der Waals surface area contributed by atoms with Crippen molar-refractivity contribution in [2.45, 2.75) is 6.92 Å². The zero-order valence-corrected chi connectivity index (χ0v) is 10.0. The van der Waals surface area contributed by atoms with E-state index in [1.54, 1.807) is 18.2 Å². The van der Waals surface area contributed by atoms with Gasteiger partial charge in [0.1, 0.15) is 0 Å². The van der Waals surface area contributed by atoms with Crippen LogP contribution >= 0.6 is 15.9 Å². The molecule has 0 spiro atoms. The summed E-state index contributed by atoms with van der Waals surface area (Å²) in [6, 6.07) is 3.39. The fraction of sp³-hybridized carbons (Fsp3) is 0.182. The molecule has 0 unspecified atom stereocenters. The zero-order chi connectivity index (χ0) is 11.4. The number of hydrogen-bond acceptors (Lipinski definition) is 3. The van der Waals surface area contributed by atoms with E-state index >= 15 is 0 Å². The van der Waals surface area contributed by atoms with Crippen LogP contribution in [0.2, 0.25) is 0 Å². The van der Waals surface area contributed by atoms with Gasteiger partial charge in [-0.25, -0.2) is 0 Å². The lowest BCUT2D eigenvalue weighted by atomic mass is 10.1. The number of carbonyl (C=O) groups excluding carboxylic acids is 1. The molecule has 0 amide bonds. The molecule has 1 aromatic rings. The van der Waals surface area contributed by atoms with E-state index in [2.05, 4.69) is 15.9 Å². The third-order valence-corrected chi connectivity index (χ3v) is 2.52. The molecule has 0 aliphatic rings. The van der Waals surface area contributed by atoms with E-state index in [0.717, 1.165) is 0 Å². The molecule has 1 N–H and O–H groups in total. The molecule has 0 saturated carbocycles. The summed E-state index contributed by atoms with van der Waals surface area (Å²) in [4.78, 5) is 10.8. The molecule has 0 aliphatic heterocycles. The summed E-state index contributed by atoms with van der Waals surface area (Å²) in [5, 5.41) is 9.76. The number of phenols is 1. The van der Waals surface area contributed by atoms with Gasteiger partial charge in [-0.1, -0.05) is 15.9 Å². The Morgan fingerprint density at radius 1 is 1.53 bits per heavy atom. The third kappa shape index (κ3) is 2.83. The predicted molar refractivity (Wildman–Crippen MR) is 62.1 cm³/mol. The fourth-order valence-corrected chi connectivity index (χ4v) is 1.54. The highest BCUT2D eigenvalue weighted by molar-refractivity contribution is 9.10. The maximum Gasteiger partial charge on any atom is 0.166 e. The van der Waals surface area contributed by atoms with Gasteiger partial charge in [-0.2, -0.15) is 0 Å². The van der Waals surface area contributed by atoms with Crippen molar-refractivity contribution in [3.63, 3.8) is 0 Å². The standard InChI is InChI=1S/C11H11BrO3/c1-7(13)3-4-8-9(12)5-6-10(15-2)11(8)14/h3-6,14H,1-2H3/b4-3+. The molecular weight excluding hydrogens is 260 g/mol. The lowest BCUT2D eigenvalue weighted by molar-refractivity contribution is -0.112. The van der Waals surface area contributed by atoms with Gasteiger partial charge >= 0.3 is 0 Å². The third-order valence-electron chi connectivity index (χ3n) is 1.83. The monoisotopic (exact) mass is 270 g/mol. The molecule has 4 heteroatoms. The molecule has 0 radical (unpaired) electrons. The quantitative estimate of drug-likeness (QED) is 0.860. The van der Waals surface area contributed by atoms with Gasteiger partial charge in [-0.05, 0) is 31.2 Å². The topological polar surface area (TPSA) is 46.5 Å². The number of methoxy groups -OCH3 is 1. The first-order valence-corrected chi connectivity index (χ1v) is 5.09. The predicted octanol–water partition coefficient (Wildman–Crippen LogP) is 2.77. The molecule has 1 aromatic carbocycles. The molecule has 0 saturated heterocycles. The Bertz CT molecular complexity index is 411. The van der Waals surface area contributed by atoms with Gasteiger partial charge in [0.05, 0.1) is 7.11 Å². The smallest absolute Gasteiger partial charge is 0.166 e. The number of phenolic OH excluding ortho intramolecular Hbond substituents is 1. The second kappa shape index (κ2) is 4.98. The van der Waals surface area contributed by atoms with E-state index in [9.17, 15) is 9.90 Å². The normalized spacial score (nSPS) is 10.6. The largest absolute Gasteiger partial charge is 0.504 e. The zero-order valence-electron chi connectivity index (χ0n) is 8.45. The van der Waals surface area contributed by atoms with Gasteiger partial charge in [0.25, 0.3) is 0 Å². The van der Waals surface area contributed by atoms with Gasteiger partial charge in [0, 0.05) is 10.0 Å². The average Bonchev–Trinajstić information content (AvgIpc) is 2.17. The van der Waals surface area contributed by atoms with Gasteiger partial charge in [-0.15, -0.1) is 0 Å². The molecule has 1 rings (SSSR count). The highest BCUT2D eigenvalue weighted by Gasteiger charge is 2.08. The number of halogens is 1. The van der Waals surface area contributed by atoms with Crippen LogP contribution in [-0.4, -0.2) is 18.0 Å². The number of allylic oxidation sites excluding steroid dienone is 1. The molecule has 15 heavy (non-hydrogen) atoms. The summed E-state index contributed by atoms with van der Waals surface area (Å²) in [7, 11) is 1.47. The Morgan fingerprint density at radius 2 is 2.20 bits per heavy atom. The van der Waals surface area contributed by atoms with Crippen molar-refractivity contribution < 1.29 is 14.6 Å². The van der Waals surface area contributed by atoms with E-state index in [4.69, 9.17) is 4.74 Å². The molecule has 0 atom stereocenters. The summed E-state index contributed by atoms with van der Waals surface area (Å²) in [5.74, 6) is 0.315. The maximum atomic E-state index is 10.8. The van der Waals surface area contributed by atoms with Gasteiger partial charge in [0.15, 0.2) is 17.3 Å². The Morgan fingerprint density at radius 3 is 2.73 bits per heavy atom. The molecule has 0 aromatic heterocycles. The Labute approximate surface area is 96.5 Å². The minimum absolute atomic E-state index is 0.0179. The Hall–Kier alpha value is -1.29. The average molecular weight is 271 g/mol. The molecule has 0 fully saturated rings. The molecular formula is C11H11BrO3. The van der Waals surface area contributed by atoms with Crippen LogP contribution in [0, 0.1) is 0 Å². The molecule has 3 nitrogen and oxygen atoms in total. The van der Waals surface area contributed by atoms with Crippen LogP contribution in [0.3, 0.4) is 0 Å². The lowest BCUT2D eigenvalue weighted by Crippen LogP contribution is -1.87. The fourth-order valence-electron chi connectivity index (χ4n) is 1.09. The number of ether oxygens (including phenoxy) is 1. The first kappa shape index (κ1) is 11.8. The summed E-state index contributed by atoms with van der Waals surface area (Å²) in [6.07, 6.45) is 2.93. The van der Waals surface area contributed by atoms with Crippen LogP contribution in [0.25, 0.3) is 6.08 Å². The highest BCUT2D eigenvalue weighted by atomic mass is 79.9. The number of ketones is 1. The minimum atomic E-state index is -0.0795. The lowest BCUT2D eigenvalue weighted by Gasteiger charge is -2.07. The SMILES string of the molecule is COc1ccc(Br)c(/C=C/C(C)=O)c1O. The van der Waals surface area contributed by atoms with Crippen molar-refractivity contribution in [2.75, 3.05) is 7.11 Å². The second-order valence-corrected chi connectivity index (χ2v) is 3.81. The maximum absolute atomic E-state index is 10.8. The van der Waals surface area contributed by atoms with Crippen molar-refractivity contribution in [1.29, 1.82) is 0 Å². The number of benzene rings is 1. The molecule has 0 aliphatic carbocycles. The van der Waals surface area contributed by atoms with Crippen molar-refractivity contribution in [3.05, 3.63) is 28.2 Å². The molecule has 0 heterocycles. The second-order valence-electron chi connectivity index (χ2n) is 2.96. The first-order valence-electron chi connectivity index (χ1n) is 4.30. The van der Waals surface area contributed by atoms with E-state index in [1.807, 2.05) is 0 Å². The van der Waals surface area contributed by atoms with Gasteiger partial charge < -0.3 is 9.84 Å². The van der Waals surface area contributed by atoms with E-state index < -0.39 is 0 Å². The van der Waals surface area contributed by atoms with Crippen molar-refractivity contribution >= 4 is 27.8 Å². The molecule has 0 bridgehead atoms. The Kier molecular flexibility index (Phi) is 3.91. The van der Waals surface area contributed by atoms with Gasteiger partial charge in [-0.3, -0.25) is 4.79 Å². The number of carbonyl (C=O) groups is 1. The number of hydrogen-bond donors (Lipinski definition) is 1. The van der Waals surface area contributed by atoms with Crippen LogP contribution < -0.4 is 4.74 Å². The minimum Gasteiger partial charge on any atom is -0.504 e. The number of aromatic hydroxyl groups is 1. The van der Waals surface area contributed by atoms with Crippen LogP contribution in [0.5, 0.6) is 11.5 Å². The van der Waals surface area contributed by atoms with Crippen molar-refractivity contribution in [2.24, 2.45) is 0 Å². The van der Waals surface area contributed by atoms with E-state index in [-0.39, 0.29) is 11.5 Å². The van der Waals surface area contributed by atoms with Crippen molar-refractivity contribution in [1.82, 2.24) is 0 Å². The van der Waals surface area contributed by atoms with Crippen LogP contribution in [0.1, 0.15) is 12.5 Å². The summed E-state index contributed by atoms with van der Waals surface area (Å²) in [5.41, 5.74) is 0.532. The van der Waals surface area contributed by atoms with Crippen molar-refractivity contribution in [3.8, 4) is 11.5 Å². The first-order chi connectivity index (χ1) is 7.06. The van der Waals surface area contributed by atoms with E-state index in [1.165, 1.54) is 20.1 Å².